The summed E-state index contributed by atoms with van der Waals surface area (Å²) in [6.07, 6.45) is 4.38. The van der Waals surface area contributed by atoms with Gasteiger partial charge >= 0.3 is 0 Å². The van der Waals surface area contributed by atoms with E-state index in [4.69, 9.17) is 5.84 Å². The van der Waals surface area contributed by atoms with Crippen LogP contribution in [0.1, 0.15) is 24.2 Å². The van der Waals surface area contributed by atoms with Gasteiger partial charge in [0.25, 0.3) is 0 Å². The van der Waals surface area contributed by atoms with Gasteiger partial charge in [0.15, 0.2) is 0 Å². The van der Waals surface area contributed by atoms with Gasteiger partial charge in [0, 0.05) is 24.5 Å². The van der Waals surface area contributed by atoms with Gasteiger partial charge in [-0.3, -0.25) is 15.5 Å². The summed E-state index contributed by atoms with van der Waals surface area (Å²) < 4.78 is 15.4. The Labute approximate surface area is 98.4 Å². The highest BCUT2D eigenvalue weighted by molar-refractivity contribution is 5.26. The van der Waals surface area contributed by atoms with Gasteiger partial charge in [-0.15, -0.1) is 0 Å². The Kier molecular flexibility index (Phi) is 3.46. The fourth-order valence-electron chi connectivity index (χ4n) is 1.81. The number of nitrogens with two attached hydrogens (primary N) is 1. The van der Waals surface area contributed by atoms with Crippen LogP contribution < -0.4 is 11.3 Å². The monoisotopic (exact) mass is 235 g/mol. The molecule has 2 aromatic rings. The Morgan fingerprint density at radius 2 is 2.29 bits per heavy atom. The first kappa shape index (κ1) is 11.7. The minimum absolute atomic E-state index is 0.390. The average molecular weight is 235 g/mol. The summed E-state index contributed by atoms with van der Waals surface area (Å²) in [5, 5.41) is 4.14. The molecule has 2 heterocycles. The van der Waals surface area contributed by atoms with Gasteiger partial charge in [-0.05, 0) is 19.1 Å². The fraction of sp³-hybridized carbons (Fsp3) is 0.273. The second kappa shape index (κ2) is 5.03. The number of nitrogens with one attached hydrogen (secondary N) is 1. The van der Waals surface area contributed by atoms with E-state index in [0.29, 0.717) is 12.1 Å². The van der Waals surface area contributed by atoms with E-state index < -0.39 is 6.04 Å². The van der Waals surface area contributed by atoms with E-state index in [1.165, 1.54) is 12.4 Å². The van der Waals surface area contributed by atoms with Gasteiger partial charge in [-0.2, -0.15) is 5.10 Å². The molecule has 0 saturated carbocycles. The summed E-state index contributed by atoms with van der Waals surface area (Å²) in [4.78, 5) is 3.72. The van der Waals surface area contributed by atoms with Gasteiger partial charge in [0.1, 0.15) is 5.82 Å². The van der Waals surface area contributed by atoms with Crippen LogP contribution in [0.5, 0.6) is 0 Å². The third-order valence-electron chi connectivity index (χ3n) is 2.63. The second-order valence-corrected chi connectivity index (χ2v) is 3.57. The van der Waals surface area contributed by atoms with E-state index in [1.807, 2.05) is 13.0 Å². The molecule has 0 amide bonds. The largest absolute Gasteiger partial charge is 0.271 e. The van der Waals surface area contributed by atoms with E-state index in [9.17, 15) is 4.39 Å². The summed E-state index contributed by atoms with van der Waals surface area (Å²) in [7, 11) is 0. The molecule has 0 bridgehead atoms. The molecule has 0 fully saturated rings. The lowest BCUT2D eigenvalue weighted by Gasteiger charge is -2.17. The van der Waals surface area contributed by atoms with Gasteiger partial charge in [-0.25, -0.2) is 9.82 Å². The van der Waals surface area contributed by atoms with Crippen molar-refractivity contribution >= 4 is 0 Å². The van der Waals surface area contributed by atoms with E-state index in [2.05, 4.69) is 15.5 Å². The molecule has 5 nitrogen and oxygen atoms in total. The SMILES string of the molecule is CCn1nccc1C(NN)c1ccncc1F. The number of rotatable bonds is 4. The van der Waals surface area contributed by atoms with Crippen molar-refractivity contribution in [3.8, 4) is 0 Å². The molecular weight excluding hydrogens is 221 g/mol. The lowest BCUT2D eigenvalue weighted by Crippen LogP contribution is -2.31. The normalized spacial score (nSPS) is 12.6. The molecule has 0 aliphatic carbocycles. The zero-order valence-corrected chi connectivity index (χ0v) is 9.47. The molecule has 1 atom stereocenters. The number of aromatic nitrogens is 3. The van der Waals surface area contributed by atoms with Crippen LogP contribution in [0.3, 0.4) is 0 Å². The quantitative estimate of drug-likeness (QED) is 0.612. The Bertz CT molecular complexity index is 496. The van der Waals surface area contributed by atoms with Gasteiger partial charge < -0.3 is 0 Å². The average Bonchev–Trinajstić information content (AvgIpc) is 2.81. The van der Waals surface area contributed by atoms with Crippen molar-refractivity contribution in [1.82, 2.24) is 20.2 Å². The molecule has 0 aromatic carbocycles. The molecule has 0 aliphatic heterocycles. The first-order valence-electron chi connectivity index (χ1n) is 5.35. The van der Waals surface area contributed by atoms with Crippen molar-refractivity contribution in [2.75, 3.05) is 0 Å². The Hall–Kier alpha value is -1.79. The summed E-state index contributed by atoms with van der Waals surface area (Å²) in [5.41, 5.74) is 3.88. The summed E-state index contributed by atoms with van der Waals surface area (Å²) >= 11 is 0. The Morgan fingerprint density at radius 1 is 1.47 bits per heavy atom. The smallest absolute Gasteiger partial charge is 0.146 e. The van der Waals surface area contributed by atoms with Crippen LogP contribution in [0, 0.1) is 5.82 Å². The number of pyridine rings is 1. The number of aryl methyl sites for hydroxylation is 1. The van der Waals surface area contributed by atoms with Crippen LogP contribution >= 0.6 is 0 Å². The maximum atomic E-state index is 13.7. The molecule has 17 heavy (non-hydrogen) atoms. The zero-order chi connectivity index (χ0) is 12.3. The standard InChI is InChI=1S/C11H14FN5/c1-2-17-10(4-6-15-17)11(16-13)8-3-5-14-7-9(8)12/h3-7,11,16H,2,13H2,1H3. The van der Waals surface area contributed by atoms with E-state index in [0.717, 1.165) is 5.69 Å². The molecule has 0 spiro atoms. The molecule has 90 valence electrons. The minimum Gasteiger partial charge on any atom is -0.271 e. The number of hydrazine groups is 1. The van der Waals surface area contributed by atoms with Crippen molar-refractivity contribution in [3.63, 3.8) is 0 Å². The van der Waals surface area contributed by atoms with Crippen molar-refractivity contribution < 1.29 is 4.39 Å². The molecule has 0 aliphatic rings. The molecule has 6 heteroatoms. The minimum atomic E-state index is -0.430. The van der Waals surface area contributed by atoms with Crippen molar-refractivity contribution in [1.29, 1.82) is 0 Å². The molecule has 2 aromatic heterocycles. The summed E-state index contributed by atoms with van der Waals surface area (Å²) in [6, 6.07) is 2.99. The van der Waals surface area contributed by atoms with E-state index in [-0.39, 0.29) is 5.82 Å². The number of hydrogen-bond donors (Lipinski definition) is 2. The summed E-state index contributed by atoms with van der Waals surface area (Å²) in [6.45, 7) is 2.67. The molecule has 2 rings (SSSR count). The van der Waals surface area contributed by atoms with Crippen molar-refractivity contribution in [2.24, 2.45) is 5.84 Å². The molecule has 0 radical (unpaired) electrons. The predicted molar refractivity (Wildman–Crippen MR) is 61.3 cm³/mol. The predicted octanol–water partition coefficient (Wildman–Crippen LogP) is 0.990. The van der Waals surface area contributed by atoms with Crippen LogP contribution in [-0.4, -0.2) is 14.8 Å². The highest BCUT2D eigenvalue weighted by Crippen LogP contribution is 2.22. The first-order chi connectivity index (χ1) is 8.27. The maximum absolute atomic E-state index is 13.7. The van der Waals surface area contributed by atoms with Crippen LogP contribution in [0.25, 0.3) is 0 Å². The fourth-order valence-corrected chi connectivity index (χ4v) is 1.81. The highest BCUT2D eigenvalue weighted by atomic mass is 19.1. The Morgan fingerprint density at radius 3 is 2.94 bits per heavy atom. The summed E-state index contributed by atoms with van der Waals surface area (Å²) in [5.74, 6) is 5.12. The zero-order valence-electron chi connectivity index (χ0n) is 9.47. The van der Waals surface area contributed by atoms with Crippen molar-refractivity contribution in [3.05, 3.63) is 47.8 Å². The second-order valence-electron chi connectivity index (χ2n) is 3.57. The molecule has 1 unspecified atom stereocenters. The van der Waals surface area contributed by atoms with E-state index in [1.54, 1.807) is 16.9 Å². The highest BCUT2D eigenvalue weighted by Gasteiger charge is 2.19. The van der Waals surface area contributed by atoms with Crippen LogP contribution in [0.15, 0.2) is 30.7 Å². The molecule has 3 N–H and O–H groups in total. The van der Waals surface area contributed by atoms with Crippen LogP contribution in [0.4, 0.5) is 4.39 Å². The van der Waals surface area contributed by atoms with Crippen LogP contribution in [-0.2, 0) is 6.54 Å². The Balaban J connectivity index is 2.44. The lowest BCUT2D eigenvalue weighted by atomic mass is 10.1. The maximum Gasteiger partial charge on any atom is 0.146 e. The first-order valence-corrected chi connectivity index (χ1v) is 5.35. The van der Waals surface area contributed by atoms with Gasteiger partial charge in [0.05, 0.1) is 17.9 Å². The topological polar surface area (TPSA) is 68.8 Å². The van der Waals surface area contributed by atoms with Gasteiger partial charge in [0.2, 0.25) is 0 Å². The molecule has 0 saturated heterocycles. The number of nitrogens with zero attached hydrogens (tertiary/aromatic N) is 3. The third kappa shape index (κ3) is 2.17. The third-order valence-corrected chi connectivity index (χ3v) is 2.63. The van der Waals surface area contributed by atoms with E-state index >= 15 is 0 Å². The van der Waals surface area contributed by atoms with Gasteiger partial charge in [-0.1, -0.05) is 0 Å². The number of halogens is 1. The van der Waals surface area contributed by atoms with Crippen LogP contribution in [0.2, 0.25) is 0 Å². The number of hydrogen-bond acceptors (Lipinski definition) is 4. The van der Waals surface area contributed by atoms with Crippen molar-refractivity contribution in [2.45, 2.75) is 19.5 Å². The lowest BCUT2D eigenvalue weighted by molar-refractivity contribution is 0.514. The molecular formula is C11H14FN5.